The molecule has 0 aromatic heterocycles. The van der Waals surface area contributed by atoms with Gasteiger partial charge in [0.05, 0.1) is 24.7 Å². The van der Waals surface area contributed by atoms with Gasteiger partial charge in [-0.3, -0.25) is 0 Å². The fraction of sp³-hybridized carbons (Fsp3) is 0.455. The minimum atomic E-state index is -3.51. The summed E-state index contributed by atoms with van der Waals surface area (Å²) in [6.07, 6.45) is 0.347. The summed E-state index contributed by atoms with van der Waals surface area (Å²) in [6, 6.07) is 6.44. The molecule has 1 aliphatic heterocycles. The molecule has 0 bridgehead atoms. The molecule has 1 aromatic carbocycles. The van der Waals surface area contributed by atoms with Crippen molar-refractivity contribution in [3.63, 3.8) is 0 Å². The second kappa shape index (κ2) is 6.12. The highest BCUT2D eigenvalue weighted by Crippen LogP contribution is 2.14. The van der Waals surface area contributed by atoms with Crippen LogP contribution in [0.2, 0.25) is 0 Å². The van der Waals surface area contributed by atoms with Gasteiger partial charge in [-0.15, -0.1) is 0 Å². The Morgan fingerprint density at radius 2 is 1.83 bits per heavy atom. The molecule has 0 saturated carbocycles. The van der Waals surface area contributed by atoms with Crippen LogP contribution in [-0.4, -0.2) is 34.5 Å². The summed E-state index contributed by atoms with van der Waals surface area (Å²) in [5, 5.41) is 0. The maximum atomic E-state index is 11.9. The normalized spacial score (nSPS) is 17.8. The average Bonchev–Trinajstić information content (AvgIpc) is 2.38. The quantitative estimate of drug-likeness (QED) is 0.905. The summed E-state index contributed by atoms with van der Waals surface area (Å²) < 4.78 is 37.7. The maximum absolute atomic E-state index is 11.9. The van der Waals surface area contributed by atoms with Gasteiger partial charge in [-0.25, -0.2) is 13.1 Å². The predicted octanol–water partition coefficient (Wildman–Crippen LogP) is 1.49. The van der Waals surface area contributed by atoms with Crippen LogP contribution in [0.1, 0.15) is 6.42 Å². The molecule has 100 valence electrons. The molecule has 7 heteroatoms. The van der Waals surface area contributed by atoms with Crippen LogP contribution >= 0.6 is 15.9 Å². The first-order valence-corrected chi connectivity index (χ1v) is 7.84. The number of sulfonamides is 1. The van der Waals surface area contributed by atoms with E-state index in [2.05, 4.69) is 20.7 Å². The Morgan fingerprint density at radius 3 is 2.44 bits per heavy atom. The highest BCUT2D eigenvalue weighted by Gasteiger charge is 2.19. The monoisotopic (exact) mass is 335 g/mol. The van der Waals surface area contributed by atoms with Gasteiger partial charge in [0.2, 0.25) is 10.0 Å². The van der Waals surface area contributed by atoms with Crippen LogP contribution in [0, 0.1) is 0 Å². The standard InChI is InChI=1S/C11H14BrNO4S/c12-9-2-4-10(5-3-9)18(14,15)13-8-11-16-6-1-7-17-11/h2-5,11,13H,1,6-8H2. The molecular formula is C11H14BrNO4S. The largest absolute Gasteiger partial charge is 0.351 e. The maximum Gasteiger partial charge on any atom is 0.240 e. The van der Waals surface area contributed by atoms with E-state index in [1.165, 1.54) is 12.1 Å². The van der Waals surface area contributed by atoms with E-state index in [0.29, 0.717) is 13.2 Å². The molecule has 18 heavy (non-hydrogen) atoms. The van der Waals surface area contributed by atoms with Crippen molar-refractivity contribution in [2.24, 2.45) is 0 Å². The Hall–Kier alpha value is -0.470. The second-order valence-corrected chi connectivity index (χ2v) is 6.51. The predicted molar refractivity (Wildman–Crippen MR) is 69.6 cm³/mol. The third-order valence-electron chi connectivity index (χ3n) is 2.46. The van der Waals surface area contributed by atoms with Crippen LogP contribution in [0.15, 0.2) is 33.6 Å². The van der Waals surface area contributed by atoms with Crippen molar-refractivity contribution >= 4 is 26.0 Å². The van der Waals surface area contributed by atoms with Crippen molar-refractivity contribution in [1.29, 1.82) is 0 Å². The molecule has 1 fully saturated rings. The highest BCUT2D eigenvalue weighted by atomic mass is 79.9. The number of hydrogen-bond acceptors (Lipinski definition) is 4. The van der Waals surface area contributed by atoms with E-state index in [1.54, 1.807) is 12.1 Å². The third kappa shape index (κ3) is 3.76. The fourth-order valence-electron chi connectivity index (χ4n) is 1.53. The Bertz CT molecular complexity index is 482. The SMILES string of the molecule is O=S(=O)(NCC1OCCCO1)c1ccc(Br)cc1. The molecule has 1 aromatic rings. The van der Waals surface area contributed by atoms with Crippen molar-refractivity contribution < 1.29 is 17.9 Å². The molecule has 1 N–H and O–H groups in total. The minimum Gasteiger partial charge on any atom is -0.351 e. The van der Waals surface area contributed by atoms with Gasteiger partial charge in [-0.1, -0.05) is 15.9 Å². The van der Waals surface area contributed by atoms with Gasteiger partial charge in [0.25, 0.3) is 0 Å². The lowest BCUT2D eigenvalue weighted by Crippen LogP contribution is -2.37. The Kier molecular flexibility index (Phi) is 4.74. The Labute approximate surface area is 115 Å². The van der Waals surface area contributed by atoms with Crippen molar-refractivity contribution in [2.45, 2.75) is 17.6 Å². The number of rotatable bonds is 4. The number of ether oxygens (including phenoxy) is 2. The minimum absolute atomic E-state index is 0.123. The summed E-state index contributed by atoms with van der Waals surface area (Å²) in [6.45, 7) is 1.33. The van der Waals surface area contributed by atoms with Crippen molar-refractivity contribution in [3.8, 4) is 0 Å². The summed E-state index contributed by atoms with van der Waals surface area (Å²) in [4.78, 5) is 0.224. The smallest absolute Gasteiger partial charge is 0.240 e. The molecular weight excluding hydrogens is 322 g/mol. The zero-order valence-electron chi connectivity index (χ0n) is 9.63. The second-order valence-electron chi connectivity index (χ2n) is 3.83. The van der Waals surface area contributed by atoms with Crippen LogP contribution in [0.4, 0.5) is 0 Å². The number of nitrogens with one attached hydrogen (secondary N) is 1. The van der Waals surface area contributed by atoms with E-state index in [4.69, 9.17) is 9.47 Å². The average molecular weight is 336 g/mol. The Balaban J connectivity index is 1.96. The van der Waals surface area contributed by atoms with Gasteiger partial charge in [0.1, 0.15) is 0 Å². The molecule has 0 radical (unpaired) electrons. The summed E-state index contributed by atoms with van der Waals surface area (Å²) in [5.41, 5.74) is 0. The summed E-state index contributed by atoms with van der Waals surface area (Å²) >= 11 is 3.26. The van der Waals surface area contributed by atoms with Crippen LogP contribution in [-0.2, 0) is 19.5 Å². The lowest BCUT2D eigenvalue weighted by Gasteiger charge is -2.23. The lowest BCUT2D eigenvalue weighted by atomic mass is 10.4. The van der Waals surface area contributed by atoms with Gasteiger partial charge in [0.15, 0.2) is 6.29 Å². The van der Waals surface area contributed by atoms with E-state index < -0.39 is 16.3 Å². The first kappa shape index (κ1) is 14.0. The lowest BCUT2D eigenvalue weighted by molar-refractivity contribution is -0.173. The van der Waals surface area contributed by atoms with Gasteiger partial charge >= 0.3 is 0 Å². The molecule has 0 aliphatic carbocycles. The van der Waals surface area contributed by atoms with E-state index >= 15 is 0 Å². The number of hydrogen-bond donors (Lipinski definition) is 1. The molecule has 0 spiro atoms. The first-order valence-electron chi connectivity index (χ1n) is 5.56. The van der Waals surface area contributed by atoms with E-state index in [1.807, 2.05) is 0 Å². The number of benzene rings is 1. The fourth-order valence-corrected chi connectivity index (χ4v) is 2.81. The topological polar surface area (TPSA) is 64.6 Å². The van der Waals surface area contributed by atoms with Crippen LogP contribution in [0.5, 0.6) is 0 Å². The zero-order chi connectivity index (χ0) is 13.0. The van der Waals surface area contributed by atoms with Crippen LogP contribution in [0.25, 0.3) is 0 Å². The number of halogens is 1. The molecule has 5 nitrogen and oxygen atoms in total. The van der Waals surface area contributed by atoms with Crippen molar-refractivity contribution in [3.05, 3.63) is 28.7 Å². The van der Waals surface area contributed by atoms with Crippen LogP contribution < -0.4 is 4.72 Å². The van der Waals surface area contributed by atoms with Gasteiger partial charge in [0, 0.05) is 4.47 Å². The van der Waals surface area contributed by atoms with E-state index in [0.717, 1.165) is 10.9 Å². The van der Waals surface area contributed by atoms with Crippen molar-refractivity contribution in [1.82, 2.24) is 4.72 Å². The third-order valence-corrected chi connectivity index (χ3v) is 4.43. The van der Waals surface area contributed by atoms with Gasteiger partial charge in [-0.05, 0) is 30.7 Å². The van der Waals surface area contributed by atoms with E-state index in [-0.39, 0.29) is 11.4 Å². The summed E-state index contributed by atoms with van der Waals surface area (Å²) in [5.74, 6) is 0. The molecule has 1 heterocycles. The molecule has 0 atom stereocenters. The van der Waals surface area contributed by atoms with E-state index in [9.17, 15) is 8.42 Å². The van der Waals surface area contributed by atoms with Gasteiger partial charge in [-0.2, -0.15) is 0 Å². The zero-order valence-corrected chi connectivity index (χ0v) is 12.0. The highest BCUT2D eigenvalue weighted by molar-refractivity contribution is 9.10. The molecule has 1 saturated heterocycles. The summed E-state index contributed by atoms with van der Waals surface area (Å²) in [7, 11) is -3.51. The Morgan fingerprint density at radius 1 is 1.22 bits per heavy atom. The van der Waals surface area contributed by atoms with Crippen LogP contribution in [0.3, 0.4) is 0 Å². The first-order chi connectivity index (χ1) is 8.58. The van der Waals surface area contributed by atoms with Gasteiger partial charge < -0.3 is 9.47 Å². The van der Waals surface area contributed by atoms with Crippen molar-refractivity contribution in [2.75, 3.05) is 19.8 Å². The molecule has 0 amide bonds. The molecule has 1 aliphatic rings. The molecule has 2 rings (SSSR count). The molecule has 0 unspecified atom stereocenters.